The highest BCUT2D eigenvalue weighted by Gasteiger charge is 2.26. The molecule has 0 radical (unpaired) electrons. The normalized spacial score (nSPS) is 19.2. The standard InChI is InChI=1S/C15H22N2O2/c1-2-13(7-8-16)17-15(18)12-9-11-5-3-4-6-14(11)19-10-12/h3-6,12-13H,2,7-10,16H2,1H3,(H,17,18). The van der Waals surface area contributed by atoms with Gasteiger partial charge in [-0.15, -0.1) is 0 Å². The van der Waals surface area contributed by atoms with Crippen LogP contribution in [0.15, 0.2) is 24.3 Å². The van der Waals surface area contributed by atoms with Gasteiger partial charge in [-0.1, -0.05) is 25.1 Å². The Bertz CT molecular complexity index is 434. The number of fused-ring (bicyclic) bond motifs is 1. The van der Waals surface area contributed by atoms with Crippen LogP contribution in [0.3, 0.4) is 0 Å². The number of ether oxygens (including phenoxy) is 1. The molecule has 1 aromatic rings. The molecule has 0 bridgehead atoms. The molecule has 2 unspecified atom stereocenters. The minimum Gasteiger partial charge on any atom is -0.492 e. The Hall–Kier alpha value is -1.55. The second kappa shape index (κ2) is 6.57. The summed E-state index contributed by atoms with van der Waals surface area (Å²) in [6.07, 6.45) is 2.49. The van der Waals surface area contributed by atoms with Crippen LogP contribution < -0.4 is 15.8 Å². The van der Waals surface area contributed by atoms with Crippen LogP contribution in [0, 0.1) is 5.92 Å². The molecule has 0 fully saturated rings. The first-order valence-electron chi connectivity index (χ1n) is 6.95. The van der Waals surface area contributed by atoms with Crippen molar-refractivity contribution in [1.82, 2.24) is 5.32 Å². The van der Waals surface area contributed by atoms with E-state index in [9.17, 15) is 4.79 Å². The Morgan fingerprint density at radius 3 is 3.05 bits per heavy atom. The van der Waals surface area contributed by atoms with Crippen LogP contribution in [0.4, 0.5) is 0 Å². The molecule has 0 saturated carbocycles. The van der Waals surface area contributed by atoms with Crippen LogP contribution >= 0.6 is 0 Å². The van der Waals surface area contributed by atoms with Crippen molar-refractivity contribution in [2.75, 3.05) is 13.2 Å². The lowest BCUT2D eigenvalue weighted by Crippen LogP contribution is -2.43. The number of benzene rings is 1. The van der Waals surface area contributed by atoms with E-state index in [4.69, 9.17) is 10.5 Å². The molecule has 104 valence electrons. The quantitative estimate of drug-likeness (QED) is 0.845. The van der Waals surface area contributed by atoms with E-state index >= 15 is 0 Å². The summed E-state index contributed by atoms with van der Waals surface area (Å²) in [5, 5.41) is 3.07. The minimum atomic E-state index is -0.0956. The maximum atomic E-state index is 12.2. The van der Waals surface area contributed by atoms with Gasteiger partial charge >= 0.3 is 0 Å². The molecule has 0 spiro atoms. The third-order valence-electron chi connectivity index (χ3n) is 3.60. The van der Waals surface area contributed by atoms with Gasteiger partial charge in [-0.3, -0.25) is 4.79 Å². The summed E-state index contributed by atoms with van der Waals surface area (Å²) in [4.78, 5) is 12.2. The lowest BCUT2D eigenvalue weighted by Gasteiger charge is -2.26. The lowest BCUT2D eigenvalue weighted by atomic mass is 9.95. The first-order chi connectivity index (χ1) is 9.24. The van der Waals surface area contributed by atoms with Crippen molar-refractivity contribution >= 4 is 5.91 Å². The average molecular weight is 262 g/mol. The van der Waals surface area contributed by atoms with Gasteiger partial charge in [-0.05, 0) is 37.4 Å². The number of para-hydroxylation sites is 1. The molecule has 2 rings (SSSR count). The number of hydrogen-bond donors (Lipinski definition) is 2. The topological polar surface area (TPSA) is 64.3 Å². The molecular formula is C15H22N2O2. The molecule has 1 aliphatic heterocycles. The van der Waals surface area contributed by atoms with Crippen molar-refractivity contribution < 1.29 is 9.53 Å². The van der Waals surface area contributed by atoms with E-state index in [1.54, 1.807) is 0 Å². The van der Waals surface area contributed by atoms with Gasteiger partial charge in [-0.25, -0.2) is 0 Å². The van der Waals surface area contributed by atoms with Crippen LogP contribution in [0.5, 0.6) is 5.75 Å². The third kappa shape index (κ3) is 3.47. The average Bonchev–Trinajstić information content (AvgIpc) is 2.46. The third-order valence-corrected chi connectivity index (χ3v) is 3.60. The predicted octanol–water partition coefficient (Wildman–Crippen LogP) is 1.48. The first kappa shape index (κ1) is 13.9. The van der Waals surface area contributed by atoms with Crippen LogP contribution in [0.2, 0.25) is 0 Å². The van der Waals surface area contributed by atoms with Crippen molar-refractivity contribution in [3.8, 4) is 5.75 Å². The fourth-order valence-electron chi connectivity index (χ4n) is 2.39. The zero-order valence-electron chi connectivity index (χ0n) is 11.4. The van der Waals surface area contributed by atoms with Crippen LogP contribution in [-0.2, 0) is 11.2 Å². The number of hydrogen-bond acceptors (Lipinski definition) is 3. The predicted molar refractivity (Wildman–Crippen MR) is 75.0 cm³/mol. The Labute approximate surface area is 114 Å². The van der Waals surface area contributed by atoms with Crippen LogP contribution in [0.1, 0.15) is 25.3 Å². The Morgan fingerprint density at radius 2 is 2.32 bits per heavy atom. The molecule has 4 heteroatoms. The SMILES string of the molecule is CCC(CCN)NC(=O)C1COc2ccccc2C1. The van der Waals surface area contributed by atoms with Crippen molar-refractivity contribution in [2.45, 2.75) is 32.2 Å². The highest BCUT2D eigenvalue weighted by molar-refractivity contribution is 5.79. The number of rotatable bonds is 5. The maximum absolute atomic E-state index is 12.2. The summed E-state index contributed by atoms with van der Waals surface area (Å²) in [5.41, 5.74) is 6.66. The molecular weight excluding hydrogens is 240 g/mol. The fraction of sp³-hybridized carbons (Fsp3) is 0.533. The number of carbonyl (C=O) groups excluding carboxylic acids is 1. The van der Waals surface area contributed by atoms with Gasteiger partial charge in [0.25, 0.3) is 0 Å². The highest BCUT2D eigenvalue weighted by atomic mass is 16.5. The van der Waals surface area contributed by atoms with E-state index in [0.717, 1.165) is 30.6 Å². The van der Waals surface area contributed by atoms with Crippen molar-refractivity contribution in [2.24, 2.45) is 11.7 Å². The molecule has 1 aliphatic rings. The fourth-order valence-corrected chi connectivity index (χ4v) is 2.39. The second-order valence-corrected chi connectivity index (χ2v) is 5.01. The van der Waals surface area contributed by atoms with E-state index in [2.05, 4.69) is 12.2 Å². The lowest BCUT2D eigenvalue weighted by molar-refractivity contribution is -0.127. The highest BCUT2D eigenvalue weighted by Crippen LogP contribution is 2.26. The van der Waals surface area contributed by atoms with Gasteiger partial charge in [0, 0.05) is 6.04 Å². The molecule has 1 amide bonds. The number of carbonyl (C=O) groups is 1. The van der Waals surface area contributed by atoms with E-state index < -0.39 is 0 Å². The van der Waals surface area contributed by atoms with Gasteiger partial charge < -0.3 is 15.8 Å². The molecule has 1 heterocycles. The van der Waals surface area contributed by atoms with Gasteiger partial charge in [0.1, 0.15) is 12.4 Å². The van der Waals surface area contributed by atoms with Gasteiger partial charge in [-0.2, -0.15) is 0 Å². The molecule has 0 aromatic heterocycles. The van der Waals surface area contributed by atoms with Crippen molar-refractivity contribution in [1.29, 1.82) is 0 Å². The number of nitrogens with one attached hydrogen (secondary N) is 1. The molecule has 19 heavy (non-hydrogen) atoms. The zero-order chi connectivity index (χ0) is 13.7. The summed E-state index contributed by atoms with van der Waals surface area (Å²) >= 11 is 0. The van der Waals surface area contributed by atoms with Gasteiger partial charge in [0.15, 0.2) is 0 Å². The van der Waals surface area contributed by atoms with E-state index in [0.29, 0.717) is 13.2 Å². The molecule has 0 aliphatic carbocycles. The van der Waals surface area contributed by atoms with Crippen LogP contribution in [0.25, 0.3) is 0 Å². The largest absolute Gasteiger partial charge is 0.492 e. The molecule has 3 N–H and O–H groups in total. The van der Waals surface area contributed by atoms with Crippen molar-refractivity contribution in [3.05, 3.63) is 29.8 Å². The first-order valence-corrected chi connectivity index (χ1v) is 6.95. The van der Waals surface area contributed by atoms with Crippen LogP contribution in [-0.4, -0.2) is 25.1 Å². The van der Waals surface area contributed by atoms with Gasteiger partial charge in [0.2, 0.25) is 5.91 Å². The summed E-state index contributed by atoms with van der Waals surface area (Å²) in [6.45, 7) is 3.12. The zero-order valence-corrected chi connectivity index (χ0v) is 11.4. The summed E-state index contributed by atoms with van der Waals surface area (Å²) in [6, 6.07) is 8.08. The van der Waals surface area contributed by atoms with E-state index in [1.807, 2.05) is 24.3 Å². The Morgan fingerprint density at radius 1 is 1.53 bits per heavy atom. The Kier molecular flexibility index (Phi) is 4.80. The minimum absolute atomic E-state index is 0.0785. The van der Waals surface area contributed by atoms with Gasteiger partial charge in [0.05, 0.1) is 5.92 Å². The monoisotopic (exact) mass is 262 g/mol. The second-order valence-electron chi connectivity index (χ2n) is 5.01. The summed E-state index contributed by atoms with van der Waals surface area (Å²) in [7, 11) is 0. The molecule has 1 aromatic carbocycles. The smallest absolute Gasteiger partial charge is 0.227 e. The van der Waals surface area contributed by atoms with E-state index in [-0.39, 0.29) is 17.9 Å². The number of nitrogens with two attached hydrogens (primary N) is 1. The molecule has 0 saturated heterocycles. The number of amides is 1. The van der Waals surface area contributed by atoms with E-state index in [1.165, 1.54) is 0 Å². The molecule has 2 atom stereocenters. The summed E-state index contributed by atoms with van der Waals surface area (Å²) < 4.78 is 5.65. The molecule has 4 nitrogen and oxygen atoms in total. The summed E-state index contributed by atoms with van der Waals surface area (Å²) in [5.74, 6) is 0.886. The maximum Gasteiger partial charge on any atom is 0.227 e. The Balaban J connectivity index is 1.95. The van der Waals surface area contributed by atoms with Crippen molar-refractivity contribution in [3.63, 3.8) is 0 Å².